The van der Waals surface area contributed by atoms with Crippen LogP contribution in [-0.4, -0.2) is 51.9 Å². The van der Waals surface area contributed by atoms with Crippen LogP contribution in [0, 0.1) is 0 Å². The van der Waals surface area contributed by atoms with Gasteiger partial charge < -0.3 is 50.7 Å². The van der Waals surface area contributed by atoms with Gasteiger partial charge in [0.25, 0.3) is 0 Å². The fourth-order valence-electron chi connectivity index (χ4n) is 3.23. The third-order valence-electron chi connectivity index (χ3n) is 4.88. The number of phenols is 8. The van der Waals surface area contributed by atoms with Crippen LogP contribution >= 0.6 is 0 Å². The number of benzene rings is 3. The summed E-state index contributed by atoms with van der Waals surface area (Å²) in [5.41, 5.74) is 0.815. The maximum Gasteiger partial charge on any atom is 0.335 e. The molecule has 0 fully saturated rings. The van der Waals surface area contributed by atoms with Gasteiger partial charge in [0.05, 0.1) is 5.56 Å². The molecule has 3 aromatic rings. The highest BCUT2D eigenvalue weighted by molar-refractivity contribution is 5.89. The Morgan fingerprint density at radius 2 is 1.24 bits per heavy atom. The molecule has 0 spiro atoms. The highest BCUT2D eigenvalue weighted by Crippen LogP contribution is 2.44. The van der Waals surface area contributed by atoms with Gasteiger partial charge in [0.15, 0.2) is 34.5 Å². The molecule has 0 aliphatic carbocycles. The monoisotopic (exact) mass is 460 g/mol. The average molecular weight is 460 g/mol. The molecular formula is C22H20O11. The first-order valence-corrected chi connectivity index (χ1v) is 9.42. The number of carboxylic acid groups (broad SMARTS) is 1. The van der Waals surface area contributed by atoms with Crippen LogP contribution in [0.2, 0.25) is 0 Å². The highest BCUT2D eigenvalue weighted by atomic mass is 16.5. The largest absolute Gasteiger partial charge is 0.508 e. The maximum atomic E-state index is 10.3. The lowest BCUT2D eigenvalue weighted by Crippen LogP contribution is -2.15. The number of aromatic carboxylic acids is 1. The van der Waals surface area contributed by atoms with Crippen molar-refractivity contribution in [1.82, 2.24) is 0 Å². The number of carbonyl (C=O) groups is 1. The summed E-state index contributed by atoms with van der Waals surface area (Å²) < 4.78 is 5.71. The number of aromatic hydroxyl groups is 8. The lowest BCUT2D eigenvalue weighted by atomic mass is 9.96. The summed E-state index contributed by atoms with van der Waals surface area (Å²) in [6, 6.07) is 6.97. The lowest BCUT2D eigenvalue weighted by Gasteiger charge is -2.27. The Balaban J connectivity index is 0.000000218. The Bertz CT molecular complexity index is 1170. The Labute approximate surface area is 185 Å². The van der Waals surface area contributed by atoms with Gasteiger partial charge in [0, 0.05) is 17.7 Å². The first kappa shape index (κ1) is 23.0. The minimum absolute atomic E-state index is 0.0279. The van der Waals surface area contributed by atoms with Crippen molar-refractivity contribution in [2.75, 3.05) is 0 Å². The van der Waals surface area contributed by atoms with Crippen molar-refractivity contribution in [2.45, 2.75) is 18.9 Å². The standard InChI is InChI=1S/C15H14O6.C7H6O5/c16-8-5-10(17)9-1-2-13(21-14(9)6-8)7-3-11(18)15(20)12(19)4-7;8-4-1-3(7(11)12)2-5(9)6(4)10/h3-6,13,16-20H,1-2H2;1-2,8-10H,(H,11,12)/t13-;/m0./s1. The van der Waals surface area contributed by atoms with Gasteiger partial charge in [-0.15, -0.1) is 0 Å². The van der Waals surface area contributed by atoms with Crippen LogP contribution in [0.3, 0.4) is 0 Å². The third kappa shape index (κ3) is 4.82. The fraction of sp³-hybridized carbons (Fsp3) is 0.136. The topological polar surface area (TPSA) is 208 Å². The molecule has 0 unspecified atom stereocenters. The summed E-state index contributed by atoms with van der Waals surface area (Å²) in [7, 11) is 0. The lowest BCUT2D eigenvalue weighted by molar-refractivity contribution is 0.0695. The minimum atomic E-state index is -1.29. The average Bonchev–Trinajstić information content (AvgIpc) is 2.75. The first-order chi connectivity index (χ1) is 15.5. The molecule has 4 rings (SSSR count). The number of fused-ring (bicyclic) bond motifs is 1. The number of hydrogen-bond donors (Lipinski definition) is 9. The zero-order valence-corrected chi connectivity index (χ0v) is 16.8. The number of rotatable bonds is 2. The minimum Gasteiger partial charge on any atom is -0.508 e. The highest BCUT2D eigenvalue weighted by Gasteiger charge is 2.26. The van der Waals surface area contributed by atoms with Crippen molar-refractivity contribution in [3.05, 3.63) is 53.1 Å². The maximum absolute atomic E-state index is 10.3. The summed E-state index contributed by atoms with van der Waals surface area (Å²) in [6.07, 6.45) is 0.583. The zero-order valence-electron chi connectivity index (χ0n) is 16.8. The SMILES string of the molecule is O=C(O)c1cc(O)c(O)c(O)c1.Oc1cc(O)c2c(c1)O[C@H](c1cc(O)c(O)c(O)c1)CC2. The van der Waals surface area contributed by atoms with Crippen LogP contribution in [0.15, 0.2) is 36.4 Å². The smallest absolute Gasteiger partial charge is 0.335 e. The molecule has 0 saturated heterocycles. The van der Waals surface area contributed by atoms with E-state index in [4.69, 9.17) is 25.2 Å². The Morgan fingerprint density at radius 3 is 1.76 bits per heavy atom. The van der Waals surface area contributed by atoms with Gasteiger partial charge in [-0.2, -0.15) is 0 Å². The molecular weight excluding hydrogens is 440 g/mol. The molecule has 11 nitrogen and oxygen atoms in total. The van der Waals surface area contributed by atoms with Crippen molar-refractivity contribution in [3.63, 3.8) is 0 Å². The number of carboxylic acids is 1. The number of hydrogen-bond acceptors (Lipinski definition) is 10. The van der Waals surface area contributed by atoms with Crippen molar-refractivity contribution >= 4 is 5.97 Å². The predicted molar refractivity (Wildman–Crippen MR) is 111 cm³/mol. The van der Waals surface area contributed by atoms with Crippen molar-refractivity contribution in [3.8, 4) is 51.7 Å². The van der Waals surface area contributed by atoms with Crippen LogP contribution in [0.1, 0.15) is 34.0 Å². The van der Waals surface area contributed by atoms with Gasteiger partial charge in [-0.05, 0) is 42.7 Å². The van der Waals surface area contributed by atoms with E-state index >= 15 is 0 Å². The molecule has 0 saturated carbocycles. The third-order valence-corrected chi connectivity index (χ3v) is 4.88. The van der Waals surface area contributed by atoms with Crippen molar-refractivity contribution in [2.24, 2.45) is 0 Å². The number of ether oxygens (including phenoxy) is 1. The summed E-state index contributed by atoms with van der Waals surface area (Å²) in [4.78, 5) is 10.3. The second-order valence-corrected chi connectivity index (χ2v) is 7.16. The molecule has 174 valence electrons. The molecule has 1 aliphatic heterocycles. The normalized spacial score (nSPS) is 14.4. The second kappa shape index (κ2) is 8.83. The molecule has 0 bridgehead atoms. The molecule has 1 atom stereocenters. The zero-order chi connectivity index (χ0) is 24.4. The van der Waals surface area contributed by atoms with Crippen molar-refractivity contribution < 1.29 is 55.5 Å². The molecule has 1 heterocycles. The van der Waals surface area contributed by atoms with E-state index in [1.54, 1.807) is 0 Å². The summed E-state index contributed by atoms with van der Waals surface area (Å²) in [5, 5.41) is 82.7. The summed E-state index contributed by atoms with van der Waals surface area (Å²) in [6.45, 7) is 0. The van der Waals surface area contributed by atoms with E-state index in [2.05, 4.69) is 0 Å². The van der Waals surface area contributed by atoms with Gasteiger partial charge >= 0.3 is 5.97 Å². The Morgan fingerprint density at radius 1 is 0.727 bits per heavy atom. The first-order valence-electron chi connectivity index (χ1n) is 9.42. The fourth-order valence-corrected chi connectivity index (χ4v) is 3.23. The predicted octanol–water partition coefficient (Wildman–Crippen LogP) is 2.78. The van der Waals surface area contributed by atoms with Crippen LogP contribution in [0.25, 0.3) is 0 Å². The molecule has 0 radical (unpaired) electrons. The van der Waals surface area contributed by atoms with Crippen LogP contribution in [0.4, 0.5) is 0 Å². The number of phenolic OH excluding ortho intramolecular Hbond substituents is 8. The summed E-state index contributed by atoms with van der Waals surface area (Å²) >= 11 is 0. The Hall–Kier alpha value is -4.67. The van der Waals surface area contributed by atoms with Crippen LogP contribution < -0.4 is 4.74 Å². The van der Waals surface area contributed by atoms with Crippen molar-refractivity contribution in [1.29, 1.82) is 0 Å². The molecule has 3 aromatic carbocycles. The van der Waals surface area contributed by atoms with E-state index in [1.165, 1.54) is 24.3 Å². The van der Waals surface area contributed by atoms with Crippen LogP contribution in [-0.2, 0) is 6.42 Å². The van der Waals surface area contributed by atoms with Gasteiger partial charge in [0.2, 0.25) is 0 Å². The van der Waals surface area contributed by atoms with Crippen LogP contribution in [0.5, 0.6) is 51.7 Å². The van der Waals surface area contributed by atoms with Gasteiger partial charge in [-0.3, -0.25) is 0 Å². The van der Waals surface area contributed by atoms with Gasteiger partial charge in [0.1, 0.15) is 23.4 Å². The van der Waals surface area contributed by atoms with E-state index in [9.17, 15) is 30.3 Å². The molecule has 0 amide bonds. The van der Waals surface area contributed by atoms with Gasteiger partial charge in [-0.25, -0.2) is 4.79 Å². The van der Waals surface area contributed by atoms with Gasteiger partial charge in [-0.1, -0.05) is 0 Å². The van der Waals surface area contributed by atoms with E-state index < -0.39 is 46.6 Å². The second-order valence-electron chi connectivity index (χ2n) is 7.16. The molecule has 0 aromatic heterocycles. The van der Waals surface area contributed by atoms with E-state index in [0.29, 0.717) is 29.7 Å². The molecule has 9 N–H and O–H groups in total. The molecule has 11 heteroatoms. The summed E-state index contributed by atoms with van der Waals surface area (Å²) in [5.74, 6) is -4.55. The van der Waals surface area contributed by atoms with E-state index in [-0.39, 0.29) is 17.1 Å². The molecule has 1 aliphatic rings. The quantitative estimate of drug-likeness (QED) is 0.254. The molecule has 33 heavy (non-hydrogen) atoms. The van der Waals surface area contributed by atoms with E-state index in [1.807, 2.05) is 0 Å². The van der Waals surface area contributed by atoms with E-state index in [0.717, 1.165) is 12.1 Å². The Kier molecular flexibility index (Phi) is 6.15.